The standard InChI is InChI=1S/C9H19ClN2O3S/c1-2-9(10)3-4-11-16(13,14)12-5-7-15-8-6-12/h9,11H,2-8H2,1H3. The number of ether oxygens (including phenoxy) is 1. The van der Waals surface area contributed by atoms with Crippen molar-refractivity contribution in [2.45, 2.75) is 25.1 Å². The molecule has 1 unspecified atom stereocenters. The normalized spacial score (nSPS) is 20.9. The van der Waals surface area contributed by atoms with Crippen molar-refractivity contribution < 1.29 is 13.2 Å². The fourth-order valence-electron chi connectivity index (χ4n) is 1.43. The van der Waals surface area contributed by atoms with Crippen molar-refractivity contribution >= 4 is 21.8 Å². The third kappa shape index (κ3) is 4.55. The highest BCUT2D eigenvalue weighted by Gasteiger charge is 2.23. The van der Waals surface area contributed by atoms with Crippen LogP contribution < -0.4 is 4.72 Å². The van der Waals surface area contributed by atoms with Gasteiger partial charge in [-0.05, 0) is 12.8 Å². The zero-order chi connectivity index (χ0) is 12.0. The maximum absolute atomic E-state index is 11.8. The predicted octanol–water partition coefficient (Wildman–Crippen LogP) is 0.560. The SMILES string of the molecule is CCC(Cl)CCNS(=O)(=O)N1CCOCC1. The Morgan fingerprint density at radius 3 is 2.62 bits per heavy atom. The van der Waals surface area contributed by atoms with Crippen molar-refractivity contribution in [2.24, 2.45) is 0 Å². The van der Waals surface area contributed by atoms with E-state index >= 15 is 0 Å². The van der Waals surface area contributed by atoms with Crippen LogP contribution in [-0.2, 0) is 14.9 Å². The second-order valence-corrected chi connectivity index (χ2v) is 6.08. The highest BCUT2D eigenvalue weighted by Crippen LogP contribution is 2.07. The lowest BCUT2D eigenvalue weighted by atomic mass is 10.2. The summed E-state index contributed by atoms with van der Waals surface area (Å²) in [5.41, 5.74) is 0. The van der Waals surface area contributed by atoms with Crippen LogP contribution in [0.2, 0.25) is 0 Å². The van der Waals surface area contributed by atoms with Gasteiger partial charge >= 0.3 is 0 Å². The number of rotatable bonds is 6. The largest absolute Gasteiger partial charge is 0.379 e. The maximum atomic E-state index is 11.8. The Balaban J connectivity index is 2.33. The Morgan fingerprint density at radius 1 is 1.44 bits per heavy atom. The zero-order valence-corrected chi connectivity index (χ0v) is 11.1. The highest BCUT2D eigenvalue weighted by atomic mass is 35.5. The van der Waals surface area contributed by atoms with E-state index in [1.807, 2.05) is 6.92 Å². The van der Waals surface area contributed by atoms with E-state index in [2.05, 4.69) is 4.72 Å². The summed E-state index contributed by atoms with van der Waals surface area (Å²) >= 11 is 5.91. The fraction of sp³-hybridized carbons (Fsp3) is 1.00. The van der Waals surface area contributed by atoms with E-state index in [-0.39, 0.29) is 5.38 Å². The molecule has 0 spiro atoms. The summed E-state index contributed by atoms with van der Waals surface area (Å²) in [5, 5.41) is 0.0346. The molecule has 1 atom stereocenters. The van der Waals surface area contributed by atoms with Gasteiger partial charge in [0.05, 0.1) is 13.2 Å². The quantitative estimate of drug-likeness (QED) is 0.718. The molecule has 0 aromatic heterocycles. The molecule has 1 heterocycles. The molecule has 1 fully saturated rings. The molecule has 0 bridgehead atoms. The first-order chi connectivity index (χ1) is 7.56. The number of nitrogens with zero attached hydrogens (tertiary/aromatic N) is 1. The van der Waals surface area contributed by atoms with Crippen molar-refractivity contribution in [3.05, 3.63) is 0 Å². The van der Waals surface area contributed by atoms with Crippen molar-refractivity contribution in [2.75, 3.05) is 32.8 Å². The molecule has 1 aliphatic rings. The first-order valence-corrected chi connectivity index (χ1v) is 7.40. The Hall–Kier alpha value is 0.120. The zero-order valence-electron chi connectivity index (χ0n) is 9.49. The summed E-state index contributed by atoms with van der Waals surface area (Å²) in [6, 6.07) is 0. The average Bonchev–Trinajstić information content (AvgIpc) is 2.30. The third-order valence-electron chi connectivity index (χ3n) is 2.49. The van der Waals surface area contributed by atoms with Gasteiger partial charge < -0.3 is 4.74 Å². The van der Waals surface area contributed by atoms with E-state index in [0.717, 1.165) is 6.42 Å². The van der Waals surface area contributed by atoms with Crippen LogP contribution in [-0.4, -0.2) is 50.9 Å². The monoisotopic (exact) mass is 270 g/mol. The molecule has 1 rings (SSSR count). The fourth-order valence-corrected chi connectivity index (χ4v) is 2.72. The molecule has 16 heavy (non-hydrogen) atoms. The van der Waals surface area contributed by atoms with Gasteiger partial charge in [0, 0.05) is 25.0 Å². The van der Waals surface area contributed by atoms with Crippen LogP contribution in [0.15, 0.2) is 0 Å². The molecule has 0 saturated carbocycles. The van der Waals surface area contributed by atoms with Gasteiger partial charge in [-0.1, -0.05) is 6.92 Å². The van der Waals surface area contributed by atoms with Crippen LogP contribution in [0.3, 0.4) is 0 Å². The molecule has 0 radical (unpaired) electrons. The molecule has 5 nitrogen and oxygen atoms in total. The molecule has 0 aromatic carbocycles. The van der Waals surface area contributed by atoms with Gasteiger partial charge in [-0.15, -0.1) is 11.6 Å². The van der Waals surface area contributed by atoms with Crippen LogP contribution in [0.25, 0.3) is 0 Å². The maximum Gasteiger partial charge on any atom is 0.279 e. The second-order valence-electron chi connectivity index (χ2n) is 3.71. The van der Waals surface area contributed by atoms with E-state index in [1.165, 1.54) is 4.31 Å². The van der Waals surface area contributed by atoms with Gasteiger partial charge in [0.15, 0.2) is 0 Å². The molecular weight excluding hydrogens is 252 g/mol. The molecule has 0 aromatic rings. The van der Waals surface area contributed by atoms with Crippen molar-refractivity contribution in [1.82, 2.24) is 9.03 Å². The molecule has 1 saturated heterocycles. The van der Waals surface area contributed by atoms with Gasteiger partial charge in [-0.3, -0.25) is 0 Å². The van der Waals surface area contributed by atoms with Crippen molar-refractivity contribution in [1.29, 1.82) is 0 Å². The number of alkyl halides is 1. The highest BCUT2D eigenvalue weighted by molar-refractivity contribution is 7.87. The topological polar surface area (TPSA) is 58.6 Å². The van der Waals surface area contributed by atoms with Gasteiger partial charge in [0.2, 0.25) is 0 Å². The van der Waals surface area contributed by atoms with E-state index in [4.69, 9.17) is 16.3 Å². The summed E-state index contributed by atoms with van der Waals surface area (Å²) in [6.45, 7) is 4.15. The minimum absolute atomic E-state index is 0.0346. The number of halogens is 1. The molecule has 0 aliphatic carbocycles. The summed E-state index contributed by atoms with van der Waals surface area (Å²) < 4.78 is 32.6. The van der Waals surface area contributed by atoms with E-state index < -0.39 is 10.2 Å². The second kappa shape index (κ2) is 6.76. The molecule has 96 valence electrons. The van der Waals surface area contributed by atoms with Gasteiger partial charge in [-0.25, -0.2) is 4.72 Å². The molecular formula is C9H19ClN2O3S. The van der Waals surface area contributed by atoms with Gasteiger partial charge in [-0.2, -0.15) is 12.7 Å². The first-order valence-electron chi connectivity index (χ1n) is 5.53. The average molecular weight is 271 g/mol. The minimum Gasteiger partial charge on any atom is -0.379 e. The van der Waals surface area contributed by atoms with Crippen molar-refractivity contribution in [3.63, 3.8) is 0 Å². The summed E-state index contributed by atoms with van der Waals surface area (Å²) in [4.78, 5) is 0. The molecule has 1 N–H and O–H groups in total. The van der Waals surface area contributed by atoms with E-state index in [9.17, 15) is 8.42 Å². The van der Waals surface area contributed by atoms with Crippen LogP contribution >= 0.6 is 11.6 Å². The lowest BCUT2D eigenvalue weighted by Crippen LogP contribution is -2.47. The van der Waals surface area contributed by atoms with Gasteiger partial charge in [0.1, 0.15) is 0 Å². The van der Waals surface area contributed by atoms with Crippen LogP contribution in [0, 0.1) is 0 Å². The Bertz CT molecular complexity index is 291. The molecule has 0 amide bonds. The van der Waals surface area contributed by atoms with Crippen molar-refractivity contribution in [3.8, 4) is 0 Å². The lowest BCUT2D eigenvalue weighted by Gasteiger charge is -2.26. The predicted molar refractivity (Wildman–Crippen MR) is 63.9 cm³/mol. The third-order valence-corrected chi connectivity index (χ3v) is 4.64. The molecule has 7 heteroatoms. The van der Waals surface area contributed by atoms with E-state index in [1.54, 1.807) is 0 Å². The van der Waals surface area contributed by atoms with E-state index in [0.29, 0.717) is 39.3 Å². The number of nitrogens with one attached hydrogen (secondary N) is 1. The van der Waals surface area contributed by atoms with Crippen LogP contribution in [0.5, 0.6) is 0 Å². The smallest absolute Gasteiger partial charge is 0.279 e. The first kappa shape index (κ1) is 14.2. The Kier molecular flexibility index (Phi) is 5.99. The summed E-state index contributed by atoms with van der Waals surface area (Å²) in [6.07, 6.45) is 1.50. The van der Waals surface area contributed by atoms with Crippen LogP contribution in [0.1, 0.15) is 19.8 Å². The van der Waals surface area contributed by atoms with Crippen LogP contribution in [0.4, 0.5) is 0 Å². The van der Waals surface area contributed by atoms with Gasteiger partial charge in [0.25, 0.3) is 10.2 Å². The number of morpholine rings is 1. The Morgan fingerprint density at radius 2 is 2.06 bits per heavy atom. The lowest BCUT2D eigenvalue weighted by molar-refractivity contribution is 0.0725. The number of hydrogen-bond donors (Lipinski definition) is 1. The Labute approximate surface area is 102 Å². The minimum atomic E-state index is -3.34. The summed E-state index contributed by atoms with van der Waals surface area (Å²) in [5.74, 6) is 0. The summed E-state index contributed by atoms with van der Waals surface area (Å²) in [7, 11) is -3.34. The molecule has 1 aliphatic heterocycles. The number of hydrogen-bond acceptors (Lipinski definition) is 3.